The summed E-state index contributed by atoms with van der Waals surface area (Å²) < 4.78 is 5.50. The van der Waals surface area contributed by atoms with E-state index >= 15 is 0 Å². The Morgan fingerprint density at radius 2 is 1.87 bits per heavy atom. The summed E-state index contributed by atoms with van der Waals surface area (Å²) in [4.78, 5) is 0. The first kappa shape index (κ1) is 10.8. The molecule has 0 aromatic heterocycles. The van der Waals surface area contributed by atoms with E-state index in [0.717, 1.165) is 18.6 Å². The van der Waals surface area contributed by atoms with E-state index in [4.69, 9.17) is 22.1 Å². The molecule has 0 spiro atoms. The van der Waals surface area contributed by atoms with Gasteiger partial charge in [0.15, 0.2) is 0 Å². The van der Waals surface area contributed by atoms with E-state index in [1.807, 2.05) is 6.07 Å². The molecule has 0 saturated heterocycles. The molecule has 0 bridgehead atoms. The Labute approximate surface area is 95.4 Å². The number of rotatable bonds is 3. The fraction of sp³-hybridized carbons (Fsp3) is 0.500. The minimum absolute atomic E-state index is 0.521. The molecular weight excluding hydrogens is 210 g/mol. The van der Waals surface area contributed by atoms with Crippen LogP contribution in [0.2, 0.25) is 5.02 Å². The number of hydrogen-bond acceptors (Lipinski definition) is 2. The van der Waals surface area contributed by atoms with Crippen molar-refractivity contribution in [2.24, 2.45) is 5.73 Å². The fourth-order valence-corrected chi connectivity index (χ4v) is 2.25. The van der Waals surface area contributed by atoms with E-state index in [1.165, 1.54) is 24.0 Å². The van der Waals surface area contributed by atoms with Crippen LogP contribution in [0.5, 0.6) is 5.75 Å². The van der Waals surface area contributed by atoms with E-state index < -0.39 is 0 Å². The van der Waals surface area contributed by atoms with Gasteiger partial charge in [0.2, 0.25) is 0 Å². The summed E-state index contributed by atoms with van der Waals surface area (Å²) in [7, 11) is 0. The molecule has 0 aliphatic heterocycles. The zero-order chi connectivity index (χ0) is 10.7. The molecule has 0 unspecified atom stereocenters. The molecule has 0 saturated carbocycles. The summed E-state index contributed by atoms with van der Waals surface area (Å²) in [5.74, 6) is 0.780. The molecule has 3 heteroatoms. The standard InChI is InChI=1S/C12H16ClNO/c13-11-7-9-3-1-2-4-10(9)8-12(11)15-6-5-14/h7-8H,1-6,14H2. The third-order valence-corrected chi connectivity index (χ3v) is 3.07. The molecule has 1 aliphatic rings. The summed E-state index contributed by atoms with van der Waals surface area (Å²) in [5.41, 5.74) is 8.16. The largest absolute Gasteiger partial charge is 0.491 e. The molecule has 2 N–H and O–H groups in total. The molecule has 1 aromatic carbocycles. The molecule has 82 valence electrons. The molecule has 2 rings (SSSR count). The minimum Gasteiger partial charge on any atom is -0.491 e. The van der Waals surface area contributed by atoms with Crippen LogP contribution in [0.3, 0.4) is 0 Å². The monoisotopic (exact) mass is 225 g/mol. The Kier molecular flexibility index (Phi) is 3.49. The van der Waals surface area contributed by atoms with E-state index in [9.17, 15) is 0 Å². The smallest absolute Gasteiger partial charge is 0.138 e. The number of hydrogen-bond donors (Lipinski definition) is 1. The summed E-state index contributed by atoms with van der Waals surface area (Å²) in [6, 6.07) is 4.12. The third kappa shape index (κ3) is 2.44. The lowest BCUT2D eigenvalue weighted by Crippen LogP contribution is -2.11. The maximum absolute atomic E-state index is 6.13. The maximum atomic E-state index is 6.13. The molecule has 15 heavy (non-hydrogen) atoms. The highest BCUT2D eigenvalue weighted by Crippen LogP contribution is 2.32. The minimum atomic E-state index is 0.521. The van der Waals surface area contributed by atoms with Gasteiger partial charge in [-0.05, 0) is 48.9 Å². The number of benzene rings is 1. The summed E-state index contributed by atoms with van der Waals surface area (Å²) in [6.45, 7) is 1.05. The highest BCUT2D eigenvalue weighted by molar-refractivity contribution is 6.32. The van der Waals surface area contributed by atoms with Crippen LogP contribution in [0, 0.1) is 0 Å². The lowest BCUT2D eigenvalue weighted by Gasteiger charge is -2.18. The van der Waals surface area contributed by atoms with Gasteiger partial charge in [0.05, 0.1) is 5.02 Å². The average Bonchev–Trinajstić information content (AvgIpc) is 2.26. The molecule has 0 fully saturated rings. The molecular formula is C12H16ClNO. The van der Waals surface area contributed by atoms with Crippen molar-refractivity contribution in [3.05, 3.63) is 28.3 Å². The lowest BCUT2D eigenvalue weighted by atomic mass is 9.92. The van der Waals surface area contributed by atoms with Crippen LogP contribution in [0.4, 0.5) is 0 Å². The van der Waals surface area contributed by atoms with Crippen molar-refractivity contribution in [3.8, 4) is 5.75 Å². The van der Waals surface area contributed by atoms with Crippen LogP contribution in [0.15, 0.2) is 12.1 Å². The zero-order valence-corrected chi connectivity index (χ0v) is 9.52. The van der Waals surface area contributed by atoms with E-state index in [2.05, 4.69) is 6.07 Å². The Hall–Kier alpha value is -0.730. The highest BCUT2D eigenvalue weighted by Gasteiger charge is 2.13. The van der Waals surface area contributed by atoms with Crippen LogP contribution in [-0.2, 0) is 12.8 Å². The van der Waals surface area contributed by atoms with E-state index in [0.29, 0.717) is 18.2 Å². The second kappa shape index (κ2) is 4.86. The third-order valence-electron chi connectivity index (χ3n) is 2.77. The number of aryl methyl sites for hydroxylation is 2. The summed E-state index contributed by atoms with van der Waals surface area (Å²) >= 11 is 6.13. The highest BCUT2D eigenvalue weighted by atomic mass is 35.5. The van der Waals surface area contributed by atoms with Crippen molar-refractivity contribution < 1.29 is 4.74 Å². The zero-order valence-electron chi connectivity index (χ0n) is 8.76. The van der Waals surface area contributed by atoms with Crippen molar-refractivity contribution >= 4 is 11.6 Å². The van der Waals surface area contributed by atoms with Gasteiger partial charge in [-0.15, -0.1) is 0 Å². The molecule has 1 aromatic rings. The first-order valence-corrected chi connectivity index (χ1v) is 5.83. The SMILES string of the molecule is NCCOc1cc2c(cc1Cl)CCCC2. The maximum Gasteiger partial charge on any atom is 0.138 e. The van der Waals surface area contributed by atoms with Gasteiger partial charge in [-0.3, -0.25) is 0 Å². The second-order valence-electron chi connectivity index (χ2n) is 3.90. The van der Waals surface area contributed by atoms with Gasteiger partial charge < -0.3 is 10.5 Å². The number of nitrogens with two attached hydrogens (primary N) is 1. The predicted octanol–water partition coefficient (Wildman–Crippen LogP) is 2.56. The summed E-state index contributed by atoms with van der Waals surface area (Å²) in [6.07, 6.45) is 4.83. The topological polar surface area (TPSA) is 35.2 Å². The van der Waals surface area contributed by atoms with E-state index in [-0.39, 0.29) is 0 Å². The molecule has 0 amide bonds. The number of halogens is 1. The van der Waals surface area contributed by atoms with Crippen molar-refractivity contribution in [3.63, 3.8) is 0 Å². The van der Waals surface area contributed by atoms with Gasteiger partial charge in [-0.25, -0.2) is 0 Å². The fourth-order valence-electron chi connectivity index (χ4n) is 2.01. The molecule has 1 aliphatic carbocycles. The molecule has 2 nitrogen and oxygen atoms in total. The normalized spacial score (nSPS) is 14.8. The van der Waals surface area contributed by atoms with Gasteiger partial charge in [0, 0.05) is 6.54 Å². The second-order valence-corrected chi connectivity index (χ2v) is 4.30. The van der Waals surface area contributed by atoms with E-state index in [1.54, 1.807) is 0 Å². The van der Waals surface area contributed by atoms with Crippen molar-refractivity contribution in [2.45, 2.75) is 25.7 Å². The number of fused-ring (bicyclic) bond motifs is 1. The van der Waals surface area contributed by atoms with Crippen LogP contribution in [0.1, 0.15) is 24.0 Å². The Balaban J connectivity index is 2.24. The van der Waals surface area contributed by atoms with Crippen LogP contribution < -0.4 is 10.5 Å². The van der Waals surface area contributed by atoms with Gasteiger partial charge >= 0.3 is 0 Å². The lowest BCUT2D eigenvalue weighted by molar-refractivity contribution is 0.328. The quantitative estimate of drug-likeness (QED) is 0.858. The Morgan fingerprint density at radius 1 is 1.20 bits per heavy atom. The van der Waals surface area contributed by atoms with Crippen molar-refractivity contribution in [1.82, 2.24) is 0 Å². The van der Waals surface area contributed by atoms with Gasteiger partial charge in [0.1, 0.15) is 12.4 Å². The average molecular weight is 226 g/mol. The molecule has 0 radical (unpaired) electrons. The molecule has 0 heterocycles. The van der Waals surface area contributed by atoms with Gasteiger partial charge in [0.25, 0.3) is 0 Å². The van der Waals surface area contributed by atoms with Gasteiger partial charge in [-0.1, -0.05) is 11.6 Å². The first-order chi connectivity index (χ1) is 7.31. The first-order valence-electron chi connectivity index (χ1n) is 5.45. The Morgan fingerprint density at radius 3 is 2.53 bits per heavy atom. The van der Waals surface area contributed by atoms with Crippen molar-refractivity contribution in [1.29, 1.82) is 0 Å². The van der Waals surface area contributed by atoms with Crippen molar-refractivity contribution in [2.75, 3.05) is 13.2 Å². The predicted molar refractivity (Wildman–Crippen MR) is 62.6 cm³/mol. The van der Waals surface area contributed by atoms with Gasteiger partial charge in [-0.2, -0.15) is 0 Å². The molecule has 0 atom stereocenters. The van der Waals surface area contributed by atoms with Crippen LogP contribution in [-0.4, -0.2) is 13.2 Å². The van der Waals surface area contributed by atoms with Crippen LogP contribution in [0.25, 0.3) is 0 Å². The number of ether oxygens (including phenoxy) is 1. The summed E-state index contributed by atoms with van der Waals surface area (Å²) in [5, 5.41) is 0.712. The van der Waals surface area contributed by atoms with Crippen LogP contribution >= 0.6 is 11.6 Å². The Bertz CT molecular complexity index is 352.